The van der Waals surface area contributed by atoms with Gasteiger partial charge < -0.3 is 5.32 Å². The number of hydrogen-bond donors (Lipinski definition) is 1. The summed E-state index contributed by atoms with van der Waals surface area (Å²) in [7, 11) is 0. The maximum absolute atomic E-state index is 13.0. The molecule has 2 aromatic rings. The molecular formula is C19H16FN3O2S. The lowest BCUT2D eigenvalue weighted by molar-refractivity contribution is -0.130. The Kier molecular flexibility index (Phi) is 5.18. The molecule has 3 rings (SSSR count). The van der Waals surface area contributed by atoms with Gasteiger partial charge >= 0.3 is 0 Å². The lowest BCUT2D eigenvalue weighted by Gasteiger charge is -2.31. The van der Waals surface area contributed by atoms with Crippen molar-refractivity contribution >= 4 is 46.7 Å². The Balaban J connectivity index is 1.86. The molecule has 26 heavy (non-hydrogen) atoms. The molecule has 2 aromatic carbocycles. The first kappa shape index (κ1) is 17.9. The van der Waals surface area contributed by atoms with Gasteiger partial charge in [0, 0.05) is 6.21 Å². The van der Waals surface area contributed by atoms with Crippen molar-refractivity contribution in [3.05, 3.63) is 59.9 Å². The summed E-state index contributed by atoms with van der Waals surface area (Å²) in [5.41, 5.74) is 2.15. The number of halogens is 1. The summed E-state index contributed by atoms with van der Waals surface area (Å²) >= 11 is 5.16. The zero-order chi connectivity index (χ0) is 18.7. The largest absolute Gasteiger partial charge is 0.301 e. The molecule has 1 aliphatic rings. The Morgan fingerprint density at radius 3 is 2.42 bits per heavy atom. The van der Waals surface area contributed by atoms with Gasteiger partial charge in [-0.15, -0.1) is 0 Å². The van der Waals surface area contributed by atoms with Crippen molar-refractivity contribution < 1.29 is 14.0 Å². The van der Waals surface area contributed by atoms with E-state index in [4.69, 9.17) is 12.2 Å². The summed E-state index contributed by atoms with van der Waals surface area (Å²) in [6, 6.07) is 12.8. The molecule has 2 amide bonds. The van der Waals surface area contributed by atoms with Crippen LogP contribution in [0.4, 0.5) is 15.8 Å². The smallest absolute Gasteiger partial charge is 0.251 e. The molecule has 0 unspecified atom stereocenters. The second kappa shape index (κ2) is 7.53. The third-order valence-electron chi connectivity index (χ3n) is 4.00. The Labute approximate surface area is 155 Å². The molecule has 1 saturated heterocycles. The lowest BCUT2D eigenvalue weighted by Crippen LogP contribution is -2.58. The van der Waals surface area contributed by atoms with Crippen LogP contribution >= 0.6 is 12.2 Å². The number of nitrogens with zero attached hydrogens (tertiary/aromatic N) is 2. The molecule has 0 saturated carbocycles. The zero-order valence-corrected chi connectivity index (χ0v) is 14.8. The van der Waals surface area contributed by atoms with Crippen LogP contribution in [0.2, 0.25) is 0 Å². The van der Waals surface area contributed by atoms with Crippen LogP contribution in [0, 0.1) is 11.7 Å². The second-order valence-corrected chi connectivity index (χ2v) is 6.11. The number of thiocarbonyl (C=S) groups is 1. The SMILES string of the molecule is CCc1ccc(N2C(=O)[C@H](C=Nc3ccc(F)cc3)C(=O)NC2=S)cc1. The third kappa shape index (κ3) is 3.67. The first-order valence-electron chi connectivity index (χ1n) is 8.07. The van der Waals surface area contributed by atoms with Crippen molar-refractivity contribution in [3.63, 3.8) is 0 Å². The maximum Gasteiger partial charge on any atom is 0.251 e. The van der Waals surface area contributed by atoms with Crippen LogP contribution in [0.25, 0.3) is 0 Å². The second-order valence-electron chi connectivity index (χ2n) is 5.72. The molecule has 7 heteroatoms. The fraction of sp³-hybridized carbons (Fsp3) is 0.158. The molecule has 1 atom stereocenters. The Morgan fingerprint density at radius 2 is 1.81 bits per heavy atom. The van der Waals surface area contributed by atoms with Crippen molar-refractivity contribution in [1.29, 1.82) is 0 Å². The zero-order valence-electron chi connectivity index (χ0n) is 14.0. The van der Waals surface area contributed by atoms with Gasteiger partial charge in [0.25, 0.3) is 5.91 Å². The third-order valence-corrected chi connectivity index (χ3v) is 4.29. The Hall–Kier alpha value is -2.93. The average Bonchev–Trinajstić information content (AvgIpc) is 2.63. The molecule has 0 bridgehead atoms. The number of hydrogen-bond acceptors (Lipinski definition) is 4. The molecule has 0 aromatic heterocycles. The van der Waals surface area contributed by atoms with Crippen molar-refractivity contribution in [1.82, 2.24) is 5.32 Å². The van der Waals surface area contributed by atoms with Crippen LogP contribution in [0.1, 0.15) is 12.5 Å². The quantitative estimate of drug-likeness (QED) is 0.512. The van der Waals surface area contributed by atoms with Gasteiger partial charge in [0.15, 0.2) is 11.0 Å². The van der Waals surface area contributed by atoms with E-state index in [1.165, 1.54) is 35.4 Å². The van der Waals surface area contributed by atoms with Gasteiger partial charge in [0.2, 0.25) is 5.91 Å². The minimum atomic E-state index is -1.11. The summed E-state index contributed by atoms with van der Waals surface area (Å²) in [5, 5.41) is 2.57. The molecule has 1 fully saturated rings. The first-order valence-corrected chi connectivity index (χ1v) is 8.48. The molecular weight excluding hydrogens is 353 g/mol. The number of amides is 2. The van der Waals surface area contributed by atoms with Crippen LogP contribution < -0.4 is 10.2 Å². The number of benzene rings is 2. The van der Waals surface area contributed by atoms with Crippen LogP contribution in [-0.2, 0) is 16.0 Å². The molecule has 0 radical (unpaired) electrons. The number of aryl methyl sites for hydroxylation is 1. The molecule has 0 spiro atoms. The van der Waals surface area contributed by atoms with Crippen molar-refractivity contribution in [2.24, 2.45) is 10.9 Å². The fourth-order valence-electron chi connectivity index (χ4n) is 2.53. The van der Waals surface area contributed by atoms with E-state index in [9.17, 15) is 14.0 Å². The minimum absolute atomic E-state index is 0.0377. The van der Waals surface area contributed by atoms with Crippen LogP contribution in [0.15, 0.2) is 53.5 Å². The van der Waals surface area contributed by atoms with Crippen molar-refractivity contribution in [2.75, 3.05) is 4.90 Å². The van der Waals surface area contributed by atoms with E-state index >= 15 is 0 Å². The average molecular weight is 369 g/mol. The molecule has 1 aliphatic heterocycles. The van der Waals surface area contributed by atoms with E-state index in [1.807, 2.05) is 19.1 Å². The van der Waals surface area contributed by atoms with Gasteiger partial charge in [-0.05, 0) is 60.6 Å². The highest BCUT2D eigenvalue weighted by Crippen LogP contribution is 2.22. The highest BCUT2D eigenvalue weighted by atomic mass is 32.1. The van der Waals surface area contributed by atoms with Crippen LogP contribution in [0.3, 0.4) is 0 Å². The standard InChI is InChI=1S/C19H16FN3O2S/c1-2-12-3-9-15(10-4-12)23-18(25)16(17(24)22-19(23)26)11-21-14-7-5-13(20)6-8-14/h3-11,16H,2H2,1H3,(H,22,24,26)/t16-/m1/s1. The van der Waals surface area contributed by atoms with E-state index < -0.39 is 17.7 Å². The van der Waals surface area contributed by atoms with E-state index in [1.54, 1.807) is 12.1 Å². The summed E-state index contributed by atoms with van der Waals surface area (Å²) in [4.78, 5) is 30.4. The highest BCUT2D eigenvalue weighted by molar-refractivity contribution is 7.80. The topological polar surface area (TPSA) is 61.8 Å². The normalized spacial score (nSPS) is 17.7. The molecule has 5 nitrogen and oxygen atoms in total. The summed E-state index contributed by atoms with van der Waals surface area (Å²) < 4.78 is 13.0. The molecule has 1 N–H and O–H groups in total. The van der Waals surface area contributed by atoms with Gasteiger partial charge in [0.05, 0.1) is 11.4 Å². The minimum Gasteiger partial charge on any atom is -0.301 e. The van der Waals surface area contributed by atoms with Gasteiger partial charge in [-0.3, -0.25) is 19.5 Å². The van der Waals surface area contributed by atoms with E-state index in [2.05, 4.69) is 10.3 Å². The predicted molar refractivity (Wildman–Crippen MR) is 102 cm³/mol. The summed E-state index contributed by atoms with van der Waals surface area (Å²) in [5.74, 6) is -2.51. The number of anilines is 1. The molecule has 132 valence electrons. The lowest BCUT2D eigenvalue weighted by atomic mass is 10.1. The van der Waals surface area contributed by atoms with Crippen LogP contribution in [0.5, 0.6) is 0 Å². The number of carbonyl (C=O) groups is 2. The number of aliphatic imine (C=N–C) groups is 1. The molecule has 1 heterocycles. The van der Waals surface area contributed by atoms with Gasteiger partial charge in [-0.25, -0.2) is 4.39 Å². The number of carbonyl (C=O) groups excluding carboxylic acids is 2. The summed E-state index contributed by atoms with van der Waals surface area (Å²) in [6.07, 6.45) is 2.13. The Morgan fingerprint density at radius 1 is 1.15 bits per heavy atom. The highest BCUT2D eigenvalue weighted by Gasteiger charge is 2.38. The summed E-state index contributed by atoms with van der Waals surface area (Å²) in [6.45, 7) is 2.04. The van der Waals surface area contributed by atoms with Crippen molar-refractivity contribution in [2.45, 2.75) is 13.3 Å². The maximum atomic E-state index is 13.0. The van der Waals surface area contributed by atoms with Crippen molar-refractivity contribution in [3.8, 4) is 0 Å². The van der Waals surface area contributed by atoms with E-state index in [-0.39, 0.29) is 10.9 Å². The van der Waals surface area contributed by atoms with Gasteiger partial charge in [0.1, 0.15) is 5.82 Å². The number of rotatable bonds is 4. The Bertz CT molecular complexity index is 879. The number of nitrogens with one attached hydrogen (secondary N) is 1. The predicted octanol–water partition coefficient (Wildman–Crippen LogP) is 3.15. The fourth-order valence-corrected chi connectivity index (χ4v) is 2.83. The molecule has 0 aliphatic carbocycles. The first-order chi connectivity index (χ1) is 12.5. The van der Waals surface area contributed by atoms with E-state index in [0.29, 0.717) is 11.4 Å². The van der Waals surface area contributed by atoms with Crippen LogP contribution in [-0.4, -0.2) is 23.1 Å². The van der Waals surface area contributed by atoms with Gasteiger partial charge in [-0.2, -0.15) is 0 Å². The monoisotopic (exact) mass is 369 g/mol. The van der Waals surface area contributed by atoms with E-state index in [0.717, 1.165) is 12.0 Å². The van der Waals surface area contributed by atoms with Gasteiger partial charge in [-0.1, -0.05) is 19.1 Å².